The fraction of sp³-hybridized carbons (Fsp3) is 0.143. The van der Waals surface area contributed by atoms with Gasteiger partial charge in [0.25, 0.3) is 0 Å². The van der Waals surface area contributed by atoms with E-state index in [1.807, 2.05) is 12.1 Å². The summed E-state index contributed by atoms with van der Waals surface area (Å²) in [7, 11) is 1.78. The van der Waals surface area contributed by atoms with Gasteiger partial charge in [0.1, 0.15) is 5.75 Å². The summed E-state index contributed by atoms with van der Waals surface area (Å²) in [4.78, 5) is 0. The van der Waals surface area contributed by atoms with Gasteiger partial charge in [0.05, 0.1) is 5.69 Å². The van der Waals surface area contributed by atoms with Crippen molar-refractivity contribution >= 4 is 28.3 Å². The molecule has 0 aliphatic rings. The van der Waals surface area contributed by atoms with Crippen LogP contribution < -0.4 is 5.32 Å². The summed E-state index contributed by atoms with van der Waals surface area (Å²) in [5, 5.41) is 12.1. The van der Waals surface area contributed by atoms with Crippen molar-refractivity contribution in [2.24, 2.45) is 0 Å². The van der Waals surface area contributed by atoms with Crippen LogP contribution in [0.3, 0.4) is 0 Å². The Morgan fingerprint density at radius 1 is 1.50 bits per heavy atom. The molecule has 2 nitrogen and oxygen atoms in total. The summed E-state index contributed by atoms with van der Waals surface area (Å²) >= 11 is 2.19. The van der Waals surface area contributed by atoms with Crippen molar-refractivity contribution in [1.29, 1.82) is 0 Å². The first-order valence-electron chi connectivity index (χ1n) is 2.90. The molecule has 0 bridgehead atoms. The van der Waals surface area contributed by atoms with E-state index in [1.54, 1.807) is 13.1 Å². The molecule has 2 N–H and O–H groups in total. The molecule has 1 aromatic carbocycles. The zero-order valence-electron chi connectivity index (χ0n) is 5.56. The van der Waals surface area contributed by atoms with Gasteiger partial charge in [-0.3, -0.25) is 0 Å². The molecule has 0 unspecified atom stereocenters. The van der Waals surface area contributed by atoms with Gasteiger partial charge in [-0.15, -0.1) is 0 Å². The first-order valence-corrected chi connectivity index (χ1v) is 3.98. The Labute approximate surface area is 73.4 Å². The fourth-order valence-electron chi connectivity index (χ4n) is 0.709. The number of halogens is 1. The Morgan fingerprint density at radius 2 is 2.20 bits per heavy atom. The van der Waals surface area contributed by atoms with Crippen LogP contribution in [-0.4, -0.2) is 12.2 Å². The topological polar surface area (TPSA) is 32.3 Å². The minimum atomic E-state index is 0.294. The minimum absolute atomic E-state index is 0.294. The number of hydrogen-bond donors (Lipinski definition) is 2. The number of phenolic OH excluding ortho intramolecular Hbond substituents is 1. The lowest BCUT2D eigenvalue weighted by Gasteiger charge is -2.02. The van der Waals surface area contributed by atoms with Crippen LogP contribution in [-0.2, 0) is 0 Å². The lowest BCUT2D eigenvalue weighted by molar-refractivity contribution is 0.477. The van der Waals surface area contributed by atoms with Gasteiger partial charge in [-0.05, 0) is 40.8 Å². The normalized spacial score (nSPS) is 9.40. The van der Waals surface area contributed by atoms with Gasteiger partial charge in [0.15, 0.2) is 0 Å². The van der Waals surface area contributed by atoms with E-state index < -0.39 is 0 Å². The molecule has 0 fully saturated rings. The summed E-state index contributed by atoms with van der Waals surface area (Å²) in [5.74, 6) is 0.294. The molecule has 3 heteroatoms. The van der Waals surface area contributed by atoms with Crippen molar-refractivity contribution in [2.45, 2.75) is 0 Å². The average molecular weight is 249 g/mol. The van der Waals surface area contributed by atoms with Gasteiger partial charge in [-0.1, -0.05) is 0 Å². The molecule has 0 saturated carbocycles. The maximum absolute atomic E-state index is 9.17. The van der Waals surface area contributed by atoms with Crippen molar-refractivity contribution in [3.05, 3.63) is 21.8 Å². The van der Waals surface area contributed by atoms with E-state index >= 15 is 0 Å². The summed E-state index contributed by atoms with van der Waals surface area (Å²) < 4.78 is 1.11. The Bertz CT molecular complexity index is 237. The number of anilines is 1. The van der Waals surface area contributed by atoms with Crippen LogP contribution >= 0.6 is 22.6 Å². The van der Waals surface area contributed by atoms with Crippen molar-refractivity contribution in [2.75, 3.05) is 12.4 Å². The molecule has 1 rings (SSSR count). The summed E-state index contributed by atoms with van der Waals surface area (Å²) in [5.41, 5.74) is 0.770. The van der Waals surface area contributed by atoms with Crippen LogP contribution in [0.4, 0.5) is 5.69 Å². The highest BCUT2D eigenvalue weighted by Crippen LogP contribution is 2.23. The van der Waals surface area contributed by atoms with E-state index in [4.69, 9.17) is 5.11 Å². The SMILES string of the molecule is CNc1cc(I)ccc1O. The van der Waals surface area contributed by atoms with Crippen LogP contribution in [0.5, 0.6) is 5.75 Å². The number of nitrogens with one attached hydrogen (secondary N) is 1. The first kappa shape index (κ1) is 7.65. The molecule has 0 spiro atoms. The van der Waals surface area contributed by atoms with E-state index in [2.05, 4.69) is 27.9 Å². The van der Waals surface area contributed by atoms with Crippen LogP contribution in [0.15, 0.2) is 18.2 Å². The zero-order chi connectivity index (χ0) is 7.56. The fourth-order valence-corrected chi connectivity index (χ4v) is 1.20. The summed E-state index contributed by atoms with van der Waals surface area (Å²) in [6.07, 6.45) is 0. The number of phenols is 1. The Morgan fingerprint density at radius 3 is 2.70 bits per heavy atom. The largest absolute Gasteiger partial charge is 0.506 e. The second kappa shape index (κ2) is 3.09. The smallest absolute Gasteiger partial charge is 0.138 e. The molecule has 0 aromatic heterocycles. The third kappa shape index (κ3) is 1.53. The summed E-state index contributed by atoms with van der Waals surface area (Å²) in [6.45, 7) is 0. The average Bonchev–Trinajstić information content (AvgIpc) is 1.94. The quantitative estimate of drug-likeness (QED) is 0.589. The van der Waals surface area contributed by atoms with Crippen LogP contribution in [0.25, 0.3) is 0 Å². The van der Waals surface area contributed by atoms with Crippen molar-refractivity contribution < 1.29 is 5.11 Å². The van der Waals surface area contributed by atoms with Gasteiger partial charge >= 0.3 is 0 Å². The monoisotopic (exact) mass is 249 g/mol. The highest BCUT2D eigenvalue weighted by molar-refractivity contribution is 14.1. The molecular weight excluding hydrogens is 241 g/mol. The van der Waals surface area contributed by atoms with Crippen LogP contribution in [0.1, 0.15) is 0 Å². The molecule has 0 aliphatic carbocycles. The standard InChI is InChI=1S/C7H8INO/c1-9-6-4-5(8)2-3-7(6)10/h2-4,9-10H,1H3. The van der Waals surface area contributed by atoms with Gasteiger partial charge in [-0.25, -0.2) is 0 Å². The molecule has 0 atom stereocenters. The van der Waals surface area contributed by atoms with E-state index in [1.165, 1.54) is 0 Å². The molecule has 54 valence electrons. The van der Waals surface area contributed by atoms with E-state index in [0.29, 0.717) is 5.75 Å². The van der Waals surface area contributed by atoms with E-state index in [0.717, 1.165) is 9.26 Å². The molecular formula is C7H8INO. The van der Waals surface area contributed by atoms with Crippen molar-refractivity contribution in [3.63, 3.8) is 0 Å². The molecule has 0 aliphatic heterocycles. The molecule has 0 radical (unpaired) electrons. The molecule has 1 aromatic rings. The number of rotatable bonds is 1. The Hall–Kier alpha value is -0.450. The van der Waals surface area contributed by atoms with Gasteiger partial charge in [0.2, 0.25) is 0 Å². The van der Waals surface area contributed by atoms with Gasteiger partial charge in [0, 0.05) is 10.6 Å². The first-order chi connectivity index (χ1) is 4.74. The zero-order valence-corrected chi connectivity index (χ0v) is 7.71. The highest BCUT2D eigenvalue weighted by Gasteiger charge is 1.96. The predicted molar refractivity (Wildman–Crippen MR) is 50.4 cm³/mol. The lowest BCUT2D eigenvalue weighted by atomic mass is 10.3. The lowest BCUT2D eigenvalue weighted by Crippen LogP contribution is -1.88. The molecule has 0 heterocycles. The molecule has 0 saturated heterocycles. The van der Waals surface area contributed by atoms with E-state index in [9.17, 15) is 0 Å². The Balaban J connectivity index is 3.09. The second-order valence-corrected chi connectivity index (χ2v) is 3.16. The van der Waals surface area contributed by atoms with Gasteiger partial charge in [-0.2, -0.15) is 0 Å². The minimum Gasteiger partial charge on any atom is -0.506 e. The summed E-state index contributed by atoms with van der Waals surface area (Å²) in [6, 6.07) is 5.42. The molecule has 10 heavy (non-hydrogen) atoms. The number of hydrogen-bond acceptors (Lipinski definition) is 2. The van der Waals surface area contributed by atoms with E-state index in [-0.39, 0.29) is 0 Å². The van der Waals surface area contributed by atoms with Crippen molar-refractivity contribution in [1.82, 2.24) is 0 Å². The van der Waals surface area contributed by atoms with Crippen LogP contribution in [0.2, 0.25) is 0 Å². The maximum atomic E-state index is 9.17. The maximum Gasteiger partial charge on any atom is 0.138 e. The number of aromatic hydroxyl groups is 1. The number of benzene rings is 1. The van der Waals surface area contributed by atoms with Crippen molar-refractivity contribution in [3.8, 4) is 5.75 Å². The highest BCUT2D eigenvalue weighted by atomic mass is 127. The second-order valence-electron chi connectivity index (χ2n) is 1.91. The predicted octanol–water partition coefficient (Wildman–Crippen LogP) is 2.04. The third-order valence-corrected chi connectivity index (χ3v) is 1.90. The third-order valence-electron chi connectivity index (χ3n) is 1.23. The molecule has 0 amide bonds. The van der Waals surface area contributed by atoms with Crippen LogP contribution in [0, 0.1) is 3.57 Å². The van der Waals surface area contributed by atoms with Gasteiger partial charge < -0.3 is 10.4 Å². The Kier molecular flexibility index (Phi) is 2.37.